The molecule has 0 aliphatic carbocycles. The van der Waals surface area contributed by atoms with E-state index in [1.54, 1.807) is 0 Å². The highest BCUT2D eigenvalue weighted by Crippen LogP contribution is 2.38. The Morgan fingerprint density at radius 2 is 1.55 bits per heavy atom. The first-order valence-corrected chi connectivity index (χ1v) is 10.9. The van der Waals surface area contributed by atoms with Gasteiger partial charge in [0.2, 0.25) is 0 Å². The third kappa shape index (κ3) is 3.32. The van der Waals surface area contributed by atoms with E-state index >= 15 is 0 Å². The molecule has 31 heavy (non-hydrogen) atoms. The predicted octanol–water partition coefficient (Wildman–Crippen LogP) is 6.90. The van der Waals surface area contributed by atoms with Crippen molar-refractivity contribution in [2.45, 2.75) is 47.5 Å². The van der Waals surface area contributed by atoms with Gasteiger partial charge in [-0.15, -0.1) is 0 Å². The minimum atomic E-state index is 0.396. The van der Waals surface area contributed by atoms with Gasteiger partial charge in [-0.2, -0.15) is 0 Å². The van der Waals surface area contributed by atoms with Crippen LogP contribution in [0.3, 0.4) is 0 Å². The molecule has 0 spiro atoms. The number of fused-ring (bicyclic) bond motifs is 2. The van der Waals surface area contributed by atoms with Crippen LogP contribution in [0.15, 0.2) is 48.8 Å². The molecular formula is C27H28N4. The molecule has 4 heterocycles. The summed E-state index contributed by atoms with van der Waals surface area (Å²) in [5, 5.41) is 1.29. The van der Waals surface area contributed by atoms with Gasteiger partial charge >= 0.3 is 0 Å². The Kier molecular flexibility index (Phi) is 4.47. The number of nitrogens with zero attached hydrogens (tertiary/aromatic N) is 3. The highest BCUT2D eigenvalue weighted by atomic mass is 15.0. The summed E-state index contributed by atoms with van der Waals surface area (Å²) in [5.74, 6) is 0.396. The maximum atomic E-state index is 4.60. The number of aryl methyl sites for hydroxylation is 4. The summed E-state index contributed by atoms with van der Waals surface area (Å²) in [6.07, 6.45) is 4.28. The molecule has 0 saturated heterocycles. The summed E-state index contributed by atoms with van der Waals surface area (Å²) in [7, 11) is 0. The number of pyridine rings is 2. The average molecular weight is 409 g/mol. The summed E-state index contributed by atoms with van der Waals surface area (Å²) in [6, 6.07) is 13.3. The number of rotatable bonds is 3. The van der Waals surface area contributed by atoms with Crippen LogP contribution in [0.25, 0.3) is 38.9 Å². The van der Waals surface area contributed by atoms with E-state index in [-0.39, 0.29) is 0 Å². The number of hydrogen-bond donors (Lipinski definition) is 1. The summed E-state index contributed by atoms with van der Waals surface area (Å²) in [5.41, 5.74) is 12.8. The molecule has 1 N–H and O–H groups in total. The second kappa shape index (κ2) is 7.09. The molecule has 4 nitrogen and oxygen atoms in total. The molecule has 0 unspecified atom stereocenters. The van der Waals surface area contributed by atoms with Crippen molar-refractivity contribution in [2.75, 3.05) is 0 Å². The lowest BCUT2D eigenvalue weighted by Crippen LogP contribution is -1.93. The fourth-order valence-electron chi connectivity index (χ4n) is 4.75. The Morgan fingerprint density at radius 3 is 2.26 bits per heavy atom. The Bertz CT molecular complexity index is 1430. The van der Waals surface area contributed by atoms with Crippen molar-refractivity contribution in [1.29, 1.82) is 0 Å². The summed E-state index contributed by atoms with van der Waals surface area (Å²) in [4.78, 5) is 12.9. The van der Waals surface area contributed by atoms with Crippen molar-refractivity contribution in [2.24, 2.45) is 0 Å². The highest BCUT2D eigenvalue weighted by Gasteiger charge is 2.18. The van der Waals surface area contributed by atoms with Gasteiger partial charge in [0.15, 0.2) is 0 Å². The van der Waals surface area contributed by atoms with Crippen LogP contribution in [0.1, 0.15) is 48.0 Å². The standard InChI is InChI=1S/C27H28N4/c1-15(2)26-22-12-20(23-14-31-13-19(6)29-25(31)9-16(23)3)7-8-24(22)30-27(26)21-10-17(4)28-18(5)11-21/h7-15,30H,1-6H3. The van der Waals surface area contributed by atoms with Crippen molar-refractivity contribution in [3.63, 3.8) is 0 Å². The van der Waals surface area contributed by atoms with E-state index in [0.29, 0.717) is 5.92 Å². The lowest BCUT2D eigenvalue weighted by molar-refractivity contribution is 0.878. The molecule has 0 amide bonds. The number of imidazole rings is 1. The Labute approximate surface area is 183 Å². The number of aromatic amines is 1. The third-order valence-electron chi connectivity index (χ3n) is 6.02. The summed E-state index contributed by atoms with van der Waals surface area (Å²) < 4.78 is 2.12. The van der Waals surface area contributed by atoms with Crippen molar-refractivity contribution in [3.05, 3.63) is 77.0 Å². The van der Waals surface area contributed by atoms with E-state index in [1.807, 2.05) is 6.92 Å². The molecule has 4 heteroatoms. The Hall–Kier alpha value is -3.40. The maximum Gasteiger partial charge on any atom is 0.137 e. The topological polar surface area (TPSA) is 46.0 Å². The van der Waals surface area contributed by atoms with E-state index in [9.17, 15) is 0 Å². The van der Waals surface area contributed by atoms with Crippen LogP contribution in [0.4, 0.5) is 0 Å². The molecule has 0 atom stereocenters. The molecular weight excluding hydrogens is 380 g/mol. The molecule has 5 aromatic rings. The van der Waals surface area contributed by atoms with Crippen molar-refractivity contribution in [3.8, 4) is 22.4 Å². The van der Waals surface area contributed by atoms with Crippen LogP contribution in [-0.2, 0) is 0 Å². The van der Waals surface area contributed by atoms with Gasteiger partial charge in [0.25, 0.3) is 0 Å². The van der Waals surface area contributed by atoms with Crippen molar-refractivity contribution in [1.82, 2.24) is 19.4 Å². The largest absolute Gasteiger partial charge is 0.354 e. The number of benzene rings is 1. The van der Waals surface area contributed by atoms with Crippen LogP contribution < -0.4 is 0 Å². The van der Waals surface area contributed by atoms with Gasteiger partial charge in [0.1, 0.15) is 5.65 Å². The first-order chi connectivity index (χ1) is 14.8. The van der Waals surface area contributed by atoms with Gasteiger partial charge in [0.05, 0.1) is 11.4 Å². The third-order valence-corrected chi connectivity index (χ3v) is 6.02. The van der Waals surface area contributed by atoms with Crippen LogP contribution >= 0.6 is 0 Å². The molecule has 0 aliphatic rings. The van der Waals surface area contributed by atoms with Gasteiger partial charge in [-0.25, -0.2) is 4.98 Å². The van der Waals surface area contributed by atoms with Crippen LogP contribution in [0, 0.1) is 27.7 Å². The molecule has 0 fully saturated rings. The van der Waals surface area contributed by atoms with Gasteiger partial charge < -0.3 is 9.38 Å². The van der Waals surface area contributed by atoms with E-state index in [2.05, 4.69) is 103 Å². The quantitative estimate of drug-likeness (QED) is 0.353. The van der Waals surface area contributed by atoms with E-state index in [1.165, 1.54) is 44.4 Å². The number of aromatic nitrogens is 4. The number of nitrogens with one attached hydrogen (secondary N) is 1. The van der Waals surface area contributed by atoms with Crippen LogP contribution in [0.5, 0.6) is 0 Å². The summed E-state index contributed by atoms with van der Waals surface area (Å²) >= 11 is 0. The number of H-pyrrole nitrogens is 1. The van der Waals surface area contributed by atoms with Crippen LogP contribution in [-0.4, -0.2) is 19.4 Å². The number of hydrogen-bond acceptors (Lipinski definition) is 2. The highest BCUT2D eigenvalue weighted by molar-refractivity contribution is 5.94. The van der Waals surface area contributed by atoms with Gasteiger partial charge in [-0.05, 0) is 80.6 Å². The second-order valence-corrected chi connectivity index (χ2v) is 8.99. The Morgan fingerprint density at radius 1 is 0.806 bits per heavy atom. The zero-order chi connectivity index (χ0) is 21.9. The first kappa shape index (κ1) is 19.6. The monoisotopic (exact) mass is 408 g/mol. The normalized spacial score (nSPS) is 11.8. The minimum Gasteiger partial charge on any atom is -0.354 e. The van der Waals surface area contributed by atoms with E-state index in [4.69, 9.17) is 0 Å². The Balaban J connectivity index is 1.73. The lowest BCUT2D eigenvalue weighted by Gasteiger charge is -2.11. The SMILES string of the molecule is Cc1cc(-c2[nH]c3ccc(-c4cn5cc(C)nc5cc4C)cc3c2C(C)C)cc(C)n1. The second-order valence-electron chi connectivity index (χ2n) is 8.99. The fourth-order valence-corrected chi connectivity index (χ4v) is 4.75. The predicted molar refractivity (Wildman–Crippen MR) is 129 cm³/mol. The zero-order valence-electron chi connectivity index (χ0n) is 19.0. The van der Waals surface area contributed by atoms with Crippen molar-refractivity contribution >= 4 is 16.6 Å². The maximum absolute atomic E-state index is 4.60. The summed E-state index contributed by atoms with van der Waals surface area (Å²) in [6.45, 7) is 12.9. The van der Waals surface area contributed by atoms with Crippen molar-refractivity contribution < 1.29 is 0 Å². The van der Waals surface area contributed by atoms with Crippen LogP contribution in [0.2, 0.25) is 0 Å². The fraction of sp³-hybridized carbons (Fsp3) is 0.259. The molecule has 0 aliphatic heterocycles. The molecule has 0 radical (unpaired) electrons. The zero-order valence-corrected chi connectivity index (χ0v) is 19.0. The van der Waals surface area contributed by atoms with E-state index < -0.39 is 0 Å². The van der Waals surface area contributed by atoms with Gasteiger partial charge in [-0.3, -0.25) is 4.98 Å². The molecule has 0 bridgehead atoms. The van der Waals surface area contributed by atoms with E-state index in [0.717, 1.165) is 22.7 Å². The molecule has 0 saturated carbocycles. The molecule has 1 aromatic carbocycles. The van der Waals surface area contributed by atoms with Gasteiger partial charge in [0, 0.05) is 45.8 Å². The smallest absolute Gasteiger partial charge is 0.137 e. The molecule has 156 valence electrons. The first-order valence-electron chi connectivity index (χ1n) is 10.9. The average Bonchev–Trinajstić information content (AvgIpc) is 3.25. The lowest BCUT2D eigenvalue weighted by atomic mass is 9.94. The minimum absolute atomic E-state index is 0.396. The van der Waals surface area contributed by atoms with Gasteiger partial charge in [-0.1, -0.05) is 19.9 Å². The molecule has 5 rings (SSSR count). The molecule has 4 aromatic heterocycles.